The van der Waals surface area contributed by atoms with Crippen LogP contribution in [0.4, 0.5) is 18.9 Å². The second-order valence-electron chi connectivity index (χ2n) is 9.34. The van der Waals surface area contributed by atoms with E-state index in [0.29, 0.717) is 12.0 Å². The van der Waals surface area contributed by atoms with Crippen LogP contribution in [0.25, 0.3) is 0 Å². The molecule has 5 rings (SSSR count). The van der Waals surface area contributed by atoms with Gasteiger partial charge in [-0.1, -0.05) is 60.7 Å². The zero-order valence-corrected chi connectivity index (χ0v) is 19.3. The molecule has 2 unspecified atom stereocenters. The Kier molecular flexibility index (Phi) is 6.52. The molecule has 3 aromatic rings. The summed E-state index contributed by atoms with van der Waals surface area (Å²) < 4.78 is 39.2. The van der Waals surface area contributed by atoms with Crippen LogP contribution in [0, 0.1) is 5.92 Å². The Bertz CT molecular complexity index is 1180. The Labute approximate surface area is 203 Å². The second kappa shape index (κ2) is 9.74. The third kappa shape index (κ3) is 5.20. The number of nitrogens with zero attached hydrogens (tertiary/aromatic N) is 2. The quantitative estimate of drug-likeness (QED) is 0.566. The summed E-state index contributed by atoms with van der Waals surface area (Å²) in [6.45, 7) is 3.38. The van der Waals surface area contributed by atoms with Crippen LogP contribution in [0.5, 0.6) is 0 Å². The molecule has 1 amide bonds. The van der Waals surface area contributed by atoms with Crippen molar-refractivity contribution in [2.24, 2.45) is 5.92 Å². The van der Waals surface area contributed by atoms with E-state index in [4.69, 9.17) is 0 Å². The molecule has 1 fully saturated rings. The van der Waals surface area contributed by atoms with E-state index in [1.54, 1.807) is 6.07 Å². The molecule has 0 spiro atoms. The normalized spacial score (nSPS) is 20.1. The van der Waals surface area contributed by atoms with E-state index in [0.717, 1.165) is 43.9 Å². The fraction of sp³-hybridized carbons (Fsp3) is 0.321. The Morgan fingerprint density at radius 3 is 2.46 bits per heavy atom. The van der Waals surface area contributed by atoms with Crippen molar-refractivity contribution < 1.29 is 18.0 Å². The number of para-hydroxylation sites is 1. The molecule has 3 aromatic carbocycles. The second-order valence-corrected chi connectivity index (χ2v) is 9.34. The highest BCUT2D eigenvalue weighted by Crippen LogP contribution is 2.36. The number of carbonyl (C=O) groups is 1. The first-order valence-electron chi connectivity index (χ1n) is 11.9. The fourth-order valence-electron chi connectivity index (χ4n) is 5.28. The van der Waals surface area contributed by atoms with Gasteiger partial charge in [0.1, 0.15) is 0 Å². The number of halogens is 3. The van der Waals surface area contributed by atoms with E-state index in [1.165, 1.54) is 17.3 Å². The number of benzene rings is 3. The lowest BCUT2D eigenvalue weighted by Gasteiger charge is -2.49. The zero-order chi connectivity index (χ0) is 24.4. The van der Waals surface area contributed by atoms with E-state index in [1.807, 2.05) is 30.3 Å². The molecule has 2 aliphatic rings. The van der Waals surface area contributed by atoms with Gasteiger partial charge in [-0.05, 0) is 41.3 Å². The van der Waals surface area contributed by atoms with Gasteiger partial charge in [0.15, 0.2) is 0 Å². The number of alkyl halides is 3. The number of rotatable bonds is 5. The van der Waals surface area contributed by atoms with Crippen molar-refractivity contribution in [1.29, 1.82) is 0 Å². The molecule has 7 heteroatoms. The third-order valence-electron chi connectivity index (χ3n) is 7.01. The first-order valence-corrected chi connectivity index (χ1v) is 11.9. The van der Waals surface area contributed by atoms with Crippen LogP contribution in [-0.2, 0) is 30.5 Å². The van der Waals surface area contributed by atoms with Crippen LogP contribution in [0.1, 0.15) is 22.3 Å². The predicted octanol–water partition coefficient (Wildman–Crippen LogP) is 4.88. The van der Waals surface area contributed by atoms with Gasteiger partial charge in [0.05, 0.1) is 17.5 Å². The molecule has 0 aliphatic carbocycles. The first kappa shape index (κ1) is 23.4. The van der Waals surface area contributed by atoms with Gasteiger partial charge in [-0.25, -0.2) is 0 Å². The number of fused-ring (bicyclic) bond motifs is 3. The largest absolute Gasteiger partial charge is 0.416 e. The third-order valence-corrected chi connectivity index (χ3v) is 7.01. The minimum atomic E-state index is -4.40. The van der Waals surface area contributed by atoms with E-state index in [-0.39, 0.29) is 24.4 Å². The van der Waals surface area contributed by atoms with E-state index in [2.05, 4.69) is 39.4 Å². The van der Waals surface area contributed by atoms with Crippen LogP contribution >= 0.6 is 0 Å². The summed E-state index contributed by atoms with van der Waals surface area (Å²) in [4.78, 5) is 18.1. The molecular weight excluding hydrogens is 451 g/mol. The summed E-state index contributed by atoms with van der Waals surface area (Å²) in [6.07, 6.45) is -3.79. The Morgan fingerprint density at radius 2 is 1.66 bits per heavy atom. The number of piperazine rings is 1. The molecule has 2 atom stereocenters. The van der Waals surface area contributed by atoms with Crippen molar-refractivity contribution >= 4 is 11.6 Å². The van der Waals surface area contributed by atoms with Gasteiger partial charge in [0.2, 0.25) is 5.91 Å². The molecule has 2 aliphatic heterocycles. The van der Waals surface area contributed by atoms with Gasteiger partial charge in [0.25, 0.3) is 0 Å². The lowest BCUT2D eigenvalue weighted by Crippen LogP contribution is -2.60. The highest BCUT2D eigenvalue weighted by molar-refractivity contribution is 5.82. The van der Waals surface area contributed by atoms with Gasteiger partial charge in [-0.15, -0.1) is 0 Å². The predicted molar refractivity (Wildman–Crippen MR) is 130 cm³/mol. The monoisotopic (exact) mass is 479 g/mol. The highest BCUT2D eigenvalue weighted by atomic mass is 19.4. The molecule has 2 heterocycles. The van der Waals surface area contributed by atoms with Crippen molar-refractivity contribution in [3.05, 3.63) is 101 Å². The van der Waals surface area contributed by atoms with Crippen LogP contribution in [0.3, 0.4) is 0 Å². The first-order chi connectivity index (χ1) is 16.9. The zero-order valence-electron chi connectivity index (χ0n) is 19.3. The van der Waals surface area contributed by atoms with E-state index in [9.17, 15) is 18.0 Å². The molecular formula is C28H28F3N3O. The minimum Gasteiger partial charge on any atom is -0.365 e. The topological polar surface area (TPSA) is 35.6 Å². The number of hydrogen-bond donors (Lipinski definition) is 1. The fourth-order valence-corrected chi connectivity index (χ4v) is 5.28. The van der Waals surface area contributed by atoms with Gasteiger partial charge in [-0.2, -0.15) is 13.2 Å². The summed E-state index contributed by atoms with van der Waals surface area (Å²) in [7, 11) is 0. The average molecular weight is 480 g/mol. The summed E-state index contributed by atoms with van der Waals surface area (Å²) in [5.41, 5.74) is 3.29. The van der Waals surface area contributed by atoms with Crippen LogP contribution in [0.2, 0.25) is 0 Å². The SMILES string of the molecule is O=C(NCc1cccc(C(F)(F)F)c1)C1Cc2ccccc2N2CCN(Cc3ccccc3)CC12. The van der Waals surface area contributed by atoms with Gasteiger partial charge >= 0.3 is 6.18 Å². The number of carbonyl (C=O) groups excluding carboxylic acids is 1. The van der Waals surface area contributed by atoms with Crippen LogP contribution in [-0.4, -0.2) is 36.5 Å². The number of hydrogen-bond acceptors (Lipinski definition) is 3. The lowest BCUT2D eigenvalue weighted by atomic mass is 9.83. The molecule has 4 nitrogen and oxygen atoms in total. The van der Waals surface area contributed by atoms with Gasteiger partial charge in [0, 0.05) is 38.4 Å². The number of anilines is 1. The number of amides is 1. The lowest BCUT2D eigenvalue weighted by molar-refractivity contribution is -0.137. The molecule has 182 valence electrons. The smallest absolute Gasteiger partial charge is 0.365 e. The Balaban J connectivity index is 1.33. The van der Waals surface area contributed by atoms with Crippen molar-refractivity contribution in [3.63, 3.8) is 0 Å². The molecule has 0 radical (unpaired) electrons. The molecule has 0 bridgehead atoms. The summed E-state index contributed by atoms with van der Waals surface area (Å²) >= 11 is 0. The molecule has 1 saturated heterocycles. The maximum atomic E-state index is 13.4. The summed E-state index contributed by atoms with van der Waals surface area (Å²) in [5, 5.41) is 2.92. The molecule has 0 saturated carbocycles. The summed E-state index contributed by atoms with van der Waals surface area (Å²) in [6, 6.07) is 23.6. The maximum Gasteiger partial charge on any atom is 0.416 e. The Hall–Kier alpha value is -3.32. The summed E-state index contributed by atoms with van der Waals surface area (Å²) in [5.74, 6) is -0.400. The van der Waals surface area contributed by atoms with Crippen LogP contribution < -0.4 is 10.2 Å². The van der Waals surface area contributed by atoms with Gasteiger partial charge < -0.3 is 10.2 Å². The number of nitrogens with one attached hydrogen (secondary N) is 1. The van der Waals surface area contributed by atoms with Crippen molar-refractivity contribution in [2.45, 2.75) is 31.7 Å². The van der Waals surface area contributed by atoms with Crippen molar-refractivity contribution in [2.75, 3.05) is 24.5 Å². The van der Waals surface area contributed by atoms with Gasteiger partial charge in [-0.3, -0.25) is 9.69 Å². The molecule has 0 aromatic heterocycles. The van der Waals surface area contributed by atoms with Crippen LogP contribution in [0.15, 0.2) is 78.9 Å². The van der Waals surface area contributed by atoms with E-state index >= 15 is 0 Å². The Morgan fingerprint density at radius 1 is 0.914 bits per heavy atom. The van der Waals surface area contributed by atoms with Crippen molar-refractivity contribution in [3.8, 4) is 0 Å². The molecule has 35 heavy (non-hydrogen) atoms. The average Bonchev–Trinajstić information content (AvgIpc) is 2.87. The minimum absolute atomic E-state index is 0.00358. The highest BCUT2D eigenvalue weighted by Gasteiger charge is 2.41. The van der Waals surface area contributed by atoms with E-state index < -0.39 is 11.7 Å². The maximum absolute atomic E-state index is 13.4. The van der Waals surface area contributed by atoms with Crippen molar-refractivity contribution in [1.82, 2.24) is 10.2 Å². The standard InChI is InChI=1S/C28H28F3N3O/c29-28(30,31)23-11-6-9-21(15-23)17-32-27(35)24-16-22-10-4-5-12-25(22)34-14-13-33(19-26(24)34)18-20-7-2-1-3-8-20/h1-12,15,24,26H,13-14,16-19H2,(H,32,35). The molecule has 1 N–H and O–H groups in total.